The van der Waals surface area contributed by atoms with Crippen molar-refractivity contribution in [2.45, 2.75) is 25.6 Å². The molecule has 3 aromatic rings. The summed E-state index contributed by atoms with van der Waals surface area (Å²) in [6.45, 7) is 3.28. The standard InChI is InChI=1S/C22H17F3N6O4/c1-21(2)18(32)29-13-7-10(3-5-15(13)34-21)27-17-12(23)9-26-20(31-17)28-11-4-6-16-14(8-11)30-19(33)22(24,25)35-16/h3-9H,1-2H3,(H,29,32)(H,30,33)(H2,26,27,28,31). The van der Waals surface area contributed by atoms with Crippen LogP contribution in [-0.2, 0) is 9.59 Å². The Labute approximate surface area is 195 Å². The maximum Gasteiger partial charge on any atom is 0.482 e. The van der Waals surface area contributed by atoms with Gasteiger partial charge in [0.05, 0.1) is 17.6 Å². The van der Waals surface area contributed by atoms with Crippen LogP contribution < -0.4 is 30.7 Å². The minimum atomic E-state index is -3.97. The molecular weight excluding hydrogens is 469 g/mol. The molecule has 180 valence electrons. The van der Waals surface area contributed by atoms with Gasteiger partial charge in [-0.3, -0.25) is 9.59 Å². The summed E-state index contributed by atoms with van der Waals surface area (Å²) in [5, 5.41) is 10.4. The van der Waals surface area contributed by atoms with Crippen LogP contribution in [0.5, 0.6) is 11.5 Å². The second-order valence-corrected chi connectivity index (χ2v) is 8.20. The average Bonchev–Trinajstić information content (AvgIpc) is 2.78. The number of anilines is 6. The fourth-order valence-electron chi connectivity index (χ4n) is 3.34. The summed E-state index contributed by atoms with van der Waals surface area (Å²) in [5.74, 6) is -2.60. The number of hydrogen-bond donors (Lipinski definition) is 4. The van der Waals surface area contributed by atoms with E-state index in [2.05, 4.69) is 36.0 Å². The molecule has 0 spiro atoms. The van der Waals surface area contributed by atoms with E-state index < -0.39 is 23.4 Å². The largest absolute Gasteiger partial charge is 0.482 e. The van der Waals surface area contributed by atoms with Gasteiger partial charge < -0.3 is 30.7 Å². The van der Waals surface area contributed by atoms with Crippen LogP contribution in [0.3, 0.4) is 0 Å². The van der Waals surface area contributed by atoms with Crippen molar-refractivity contribution < 1.29 is 32.2 Å². The van der Waals surface area contributed by atoms with Crippen molar-refractivity contribution in [3.63, 3.8) is 0 Å². The minimum absolute atomic E-state index is 0.0152. The van der Waals surface area contributed by atoms with Crippen molar-refractivity contribution in [2.24, 2.45) is 0 Å². The van der Waals surface area contributed by atoms with E-state index in [-0.39, 0.29) is 29.1 Å². The molecule has 2 amide bonds. The van der Waals surface area contributed by atoms with E-state index in [1.165, 1.54) is 18.2 Å². The molecule has 2 aromatic carbocycles. The number of carbonyl (C=O) groups is 2. The number of halogens is 3. The summed E-state index contributed by atoms with van der Waals surface area (Å²) in [6, 6.07) is 8.81. The van der Waals surface area contributed by atoms with Gasteiger partial charge in [-0.25, -0.2) is 9.37 Å². The molecule has 4 N–H and O–H groups in total. The molecule has 35 heavy (non-hydrogen) atoms. The number of benzene rings is 2. The lowest BCUT2D eigenvalue weighted by Crippen LogP contribution is -2.45. The molecule has 2 aliphatic rings. The lowest BCUT2D eigenvalue weighted by atomic mass is 10.1. The van der Waals surface area contributed by atoms with E-state index >= 15 is 0 Å². The molecule has 2 aliphatic heterocycles. The highest BCUT2D eigenvalue weighted by molar-refractivity contribution is 6.01. The molecule has 1 aromatic heterocycles. The van der Waals surface area contributed by atoms with Gasteiger partial charge in [-0.1, -0.05) is 0 Å². The summed E-state index contributed by atoms with van der Waals surface area (Å²) in [5.41, 5.74) is 0.161. The van der Waals surface area contributed by atoms with E-state index in [0.717, 1.165) is 6.20 Å². The second kappa shape index (κ2) is 7.75. The number of amides is 2. The molecule has 0 radical (unpaired) electrons. The molecule has 0 aliphatic carbocycles. The van der Waals surface area contributed by atoms with Gasteiger partial charge in [0.1, 0.15) is 5.75 Å². The number of aromatic nitrogens is 2. The van der Waals surface area contributed by atoms with Crippen LogP contribution in [0.1, 0.15) is 13.8 Å². The van der Waals surface area contributed by atoms with Crippen molar-refractivity contribution in [3.8, 4) is 11.5 Å². The van der Waals surface area contributed by atoms with Crippen molar-refractivity contribution in [1.82, 2.24) is 9.97 Å². The van der Waals surface area contributed by atoms with E-state index in [9.17, 15) is 22.8 Å². The molecule has 10 nitrogen and oxygen atoms in total. The predicted octanol–water partition coefficient (Wildman–Crippen LogP) is 4.14. The SMILES string of the molecule is CC1(C)Oc2ccc(Nc3nc(Nc4ccc5c(c4)NC(=O)C(F)(F)O5)ncc3F)cc2NC1=O. The molecule has 13 heteroatoms. The van der Waals surface area contributed by atoms with E-state index in [1.54, 1.807) is 32.0 Å². The van der Waals surface area contributed by atoms with Crippen LogP contribution in [0.15, 0.2) is 42.6 Å². The molecule has 5 rings (SSSR count). The summed E-state index contributed by atoms with van der Waals surface area (Å²) < 4.78 is 51.3. The van der Waals surface area contributed by atoms with Crippen LogP contribution in [0.25, 0.3) is 0 Å². The van der Waals surface area contributed by atoms with Crippen LogP contribution in [0.2, 0.25) is 0 Å². The van der Waals surface area contributed by atoms with Crippen molar-refractivity contribution >= 4 is 46.3 Å². The Bertz CT molecular complexity index is 1380. The zero-order chi connectivity index (χ0) is 25.0. The summed E-state index contributed by atoms with van der Waals surface area (Å²) >= 11 is 0. The second-order valence-electron chi connectivity index (χ2n) is 8.20. The monoisotopic (exact) mass is 486 g/mol. The Balaban J connectivity index is 1.35. The van der Waals surface area contributed by atoms with Gasteiger partial charge >= 0.3 is 12.0 Å². The predicted molar refractivity (Wildman–Crippen MR) is 119 cm³/mol. The first-order valence-corrected chi connectivity index (χ1v) is 10.2. The minimum Gasteiger partial charge on any atom is -0.476 e. The maximum absolute atomic E-state index is 14.4. The summed E-state index contributed by atoms with van der Waals surface area (Å²) in [6.07, 6.45) is -3.03. The number of nitrogens with zero attached hydrogens (tertiary/aromatic N) is 2. The Kier molecular flexibility index (Phi) is 4.93. The molecule has 0 unspecified atom stereocenters. The normalized spacial score (nSPS) is 17.1. The van der Waals surface area contributed by atoms with Gasteiger partial charge in [0.25, 0.3) is 5.91 Å². The van der Waals surface area contributed by atoms with Gasteiger partial charge in [-0.2, -0.15) is 13.8 Å². The maximum atomic E-state index is 14.4. The third-order valence-electron chi connectivity index (χ3n) is 5.13. The average molecular weight is 486 g/mol. The number of carbonyl (C=O) groups excluding carboxylic acids is 2. The first kappa shape index (κ1) is 22.3. The lowest BCUT2D eigenvalue weighted by molar-refractivity contribution is -0.189. The first-order chi connectivity index (χ1) is 16.5. The first-order valence-electron chi connectivity index (χ1n) is 10.2. The molecule has 0 bridgehead atoms. The molecule has 0 fully saturated rings. The Morgan fingerprint density at radius 3 is 2.17 bits per heavy atom. The van der Waals surface area contributed by atoms with Gasteiger partial charge in [0.2, 0.25) is 5.95 Å². The smallest absolute Gasteiger partial charge is 0.476 e. The van der Waals surface area contributed by atoms with Gasteiger partial charge in [-0.05, 0) is 50.2 Å². The van der Waals surface area contributed by atoms with Crippen LogP contribution >= 0.6 is 0 Å². The third kappa shape index (κ3) is 4.23. The molecular formula is C22H17F3N6O4. The number of rotatable bonds is 4. The van der Waals surface area contributed by atoms with Crippen molar-refractivity contribution in [2.75, 3.05) is 21.3 Å². The molecule has 3 heterocycles. The Morgan fingerprint density at radius 1 is 0.886 bits per heavy atom. The van der Waals surface area contributed by atoms with E-state index in [0.29, 0.717) is 22.8 Å². The number of fused-ring (bicyclic) bond motifs is 2. The van der Waals surface area contributed by atoms with Gasteiger partial charge in [0, 0.05) is 11.4 Å². The zero-order valence-corrected chi connectivity index (χ0v) is 18.2. The van der Waals surface area contributed by atoms with Crippen molar-refractivity contribution in [3.05, 3.63) is 48.4 Å². The van der Waals surface area contributed by atoms with Gasteiger partial charge in [0.15, 0.2) is 23.0 Å². The van der Waals surface area contributed by atoms with Crippen LogP contribution in [-0.4, -0.2) is 33.5 Å². The number of hydrogen-bond acceptors (Lipinski definition) is 8. The van der Waals surface area contributed by atoms with Crippen LogP contribution in [0.4, 0.5) is 47.7 Å². The Hall–Kier alpha value is -4.55. The highest BCUT2D eigenvalue weighted by Crippen LogP contribution is 2.38. The third-order valence-corrected chi connectivity index (χ3v) is 5.13. The summed E-state index contributed by atoms with van der Waals surface area (Å²) in [7, 11) is 0. The molecule has 0 saturated carbocycles. The fraction of sp³-hybridized carbons (Fsp3) is 0.182. The number of ether oxygens (including phenoxy) is 2. The zero-order valence-electron chi connectivity index (χ0n) is 18.2. The lowest BCUT2D eigenvalue weighted by Gasteiger charge is -2.31. The van der Waals surface area contributed by atoms with Crippen molar-refractivity contribution in [1.29, 1.82) is 0 Å². The topological polar surface area (TPSA) is 126 Å². The molecule has 0 atom stereocenters. The van der Waals surface area contributed by atoms with Gasteiger partial charge in [-0.15, -0.1) is 0 Å². The summed E-state index contributed by atoms with van der Waals surface area (Å²) in [4.78, 5) is 31.5. The molecule has 0 saturated heterocycles. The number of nitrogens with one attached hydrogen (secondary N) is 4. The highest BCUT2D eigenvalue weighted by atomic mass is 19.3. The highest BCUT2D eigenvalue weighted by Gasteiger charge is 2.46. The quantitative estimate of drug-likeness (QED) is 0.434. The van der Waals surface area contributed by atoms with Crippen LogP contribution in [0, 0.1) is 5.82 Å². The Morgan fingerprint density at radius 2 is 1.49 bits per heavy atom. The number of alkyl halides is 2. The fourth-order valence-corrected chi connectivity index (χ4v) is 3.34. The van der Waals surface area contributed by atoms with E-state index in [4.69, 9.17) is 4.74 Å². The van der Waals surface area contributed by atoms with E-state index in [1.807, 2.05) is 0 Å².